The van der Waals surface area contributed by atoms with E-state index in [4.69, 9.17) is 4.42 Å². The van der Waals surface area contributed by atoms with Crippen LogP contribution in [0.3, 0.4) is 0 Å². The molecule has 3 rings (SSSR count). The Morgan fingerprint density at radius 1 is 1.44 bits per heavy atom. The Bertz CT molecular complexity index is 486. The van der Waals surface area contributed by atoms with E-state index in [1.807, 2.05) is 0 Å². The molecule has 0 radical (unpaired) electrons. The molecule has 0 saturated heterocycles. The fourth-order valence-corrected chi connectivity index (χ4v) is 3.67. The molecule has 0 bridgehead atoms. The van der Waals surface area contributed by atoms with E-state index in [9.17, 15) is 9.90 Å². The Balaban J connectivity index is 2.14. The molecule has 0 aliphatic heterocycles. The summed E-state index contributed by atoms with van der Waals surface area (Å²) in [5.41, 5.74) is 1.73. The van der Waals surface area contributed by atoms with Crippen LogP contribution >= 0.6 is 0 Å². The lowest BCUT2D eigenvalue weighted by Crippen LogP contribution is -2.33. The summed E-state index contributed by atoms with van der Waals surface area (Å²) in [5, 5.41) is 10.2. The van der Waals surface area contributed by atoms with Crippen LogP contribution < -0.4 is 0 Å². The summed E-state index contributed by atoms with van der Waals surface area (Å²) >= 11 is 0. The highest BCUT2D eigenvalue weighted by Crippen LogP contribution is 2.52. The third-order valence-corrected chi connectivity index (χ3v) is 4.76. The third kappa shape index (κ3) is 1.50. The molecule has 2 aliphatic carbocycles. The number of carbonyl (C=O) groups excluding carboxylic acids is 1. The summed E-state index contributed by atoms with van der Waals surface area (Å²) in [5.74, 6) is 2.28. The number of furan rings is 1. The van der Waals surface area contributed by atoms with E-state index in [1.54, 1.807) is 6.26 Å². The summed E-state index contributed by atoms with van der Waals surface area (Å²) in [6.45, 7) is 6.42. The molecule has 2 aliphatic rings. The zero-order valence-electron chi connectivity index (χ0n) is 11.1. The maximum atomic E-state index is 12.1. The van der Waals surface area contributed by atoms with Crippen molar-refractivity contribution in [1.29, 1.82) is 0 Å². The van der Waals surface area contributed by atoms with Gasteiger partial charge in [0, 0.05) is 12.0 Å². The number of aliphatic hydroxyl groups is 1. The lowest BCUT2D eigenvalue weighted by Gasteiger charge is -2.39. The fourth-order valence-electron chi connectivity index (χ4n) is 3.67. The van der Waals surface area contributed by atoms with Crippen LogP contribution in [0.4, 0.5) is 0 Å². The number of ketones is 1. The molecule has 0 unspecified atom stereocenters. The summed E-state index contributed by atoms with van der Waals surface area (Å²) in [4.78, 5) is 12.1. The van der Waals surface area contributed by atoms with Crippen LogP contribution in [0.25, 0.3) is 0 Å². The van der Waals surface area contributed by atoms with Crippen molar-refractivity contribution in [2.75, 3.05) is 0 Å². The summed E-state index contributed by atoms with van der Waals surface area (Å²) in [7, 11) is 0. The minimum Gasteiger partial charge on any atom is -0.465 e. The SMILES string of the molecule is CC(C)[C@@H]1CC(=O)c2coc3c2[C@H]1C[C@@H](C)[C@H]3O. The first-order valence-corrected chi connectivity index (χ1v) is 6.83. The van der Waals surface area contributed by atoms with Gasteiger partial charge in [0.15, 0.2) is 5.78 Å². The number of Topliss-reactive ketones (excluding diaryl/α,β-unsaturated/α-hetero) is 1. The molecule has 0 amide bonds. The van der Waals surface area contributed by atoms with Crippen LogP contribution in [-0.2, 0) is 0 Å². The second-order valence-electron chi connectivity index (χ2n) is 6.23. The molecule has 18 heavy (non-hydrogen) atoms. The summed E-state index contributed by atoms with van der Waals surface area (Å²) < 4.78 is 5.50. The fraction of sp³-hybridized carbons (Fsp3) is 0.667. The average molecular weight is 248 g/mol. The molecule has 98 valence electrons. The Morgan fingerprint density at radius 3 is 2.83 bits per heavy atom. The van der Waals surface area contributed by atoms with Gasteiger partial charge in [-0.05, 0) is 30.1 Å². The van der Waals surface area contributed by atoms with E-state index in [0.717, 1.165) is 17.5 Å². The first kappa shape index (κ1) is 12.0. The maximum absolute atomic E-state index is 12.1. The van der Waals surface area contributed by atoms with Crippen molar-refractivity contribution >= 4 is 5.78 Å². The van der Waals surface area contributed by atoms with Crippen LogP contribution in [0, 0.1) is 17.8 Å². The van der Waals surface area contributed by atoms with Gasteiger partial charge in [-0.3, -0.25) is 4.79 Å². The Morgan fingerprint density at radius 2 is 2.17 bits per heavy atom. The van der Waals surface area contributed by atoms with Gasteiger partial charge in [0.2, 0.25) is 0 Å². The van der Waals surface area contributed by atoms with Gasteiger partial charge in [-0.2, -0.15) is 0 Å². The van der Waals surface area contributed by atoms with Crippen LogP contribution in [0.15, 0.2) is 10.7 Å². The van der Waals surface area contributed by atoms with Crippen molar-refractivity contribution in [2.45, 2.75) is 45.6 Å². The number of aliphatic hydroxyl groups excluding tert-OH is 1. The molecular weight excluding hydrogens is 228 g/mol. The van der Waals surface area contributed by atoms with E-state index >= 15 is 0 Å². The molecule has 0 fully saturated rings. The number of hydrogen-bond acceptors (Lipinski definition) is 3. The Kier molecular flexibility index (Phi) is 2.63. The molecule has 3 nitrogen and oxygen atoms in total. The second-order valence-corrected chi connectivity index (χ2v) is 6.23. The van der Waals surface area contributed by atoms with Crippen LogP contribution in [0.5, 0.6) is 0 Å². The van der Waals surface area contributed by atoms with E-state index < -0.39 is 6.10 Å². The Hall–Kier alpha value is -1.09. The number of hydrogen-bond donors (Lipinski definition) is 1. The maximum Gasteiger partial charge on any atom is 0.166 e. The van der Waals surface area contributed by atoms with E-state index in [1.165, 1.54) is 0 Å². The van der Waals surface area contributed by atoms with Gasteiger partial charge < -0.3 is 9.52 Å². The highest BCUT2D eigenvalue weighted by Gasteiger charge is 2.45. The minimum absolute atomic E-state index is 0.178. The second kappa shape index (κ2) is 3.95. The first-order chi connectivity index (χ1) is 8.50. The molecule has 3 heteroatoms. The average Bonchev–Trinajstić information content (AvgIpc) is 2.75. The topological polar surface area (TPSA) is 50.4 Å². The van der Waals surface area contributed by atoms with Gasteiger partial charge in [-0.15, -0.1) is 0 Å². The molecule has 1 N–H and O–H groups in total. The predicted octanol–water partition coefficient (Wildman–Crippen LogP) is 3.30. The van der Waals surface area contributed by atoms with Crippen molar-refractivity contribution in [3.63, 3.8) is 0 Å². The monoisotopic (exact) mass is 248 g/mol. The molecule has 0 spiro atoms. The lowest BCUT2D eigenvalue weighted by molar-refractivity contribution is 0.0591. The largest absolute Gasteiger partial charge is 0.465 e. The van der Waals surface area contributed by atoms with Gasteiger partial charge in [0.1, 0.15) is 18.1 Å². The van der Waals surface area contributed by atoms with Gasteiger partial charge in [0.05, 0.1) is 5.56 Å². The molecule has 1 aromatic heterocycles. The smallest absolute Gasteiger partial charge is 0.166 e. The van der Waals surface area contributed by atoms with Crippen molar-refractivity contribution in [3.8, 4) is 0 Å². The van der Waals surface area contributed by atoms with E-state index in [-0.39, 0.29) is 11.7 Å². The van der Waals surface area contributed by atoms with Crippen LogP contribution in [0.2, 0.25) is 0 Å². The van der Waals surface area contributed by atoms with Gasteiger partial charge in [0.25, 0.3) is 0 Å². The van der Waals surface area contributed by atoms with Crippen molar-refractivity contribution in [1.82, 2.24) is 0 Å². The Labute approximate surface area is 107 Å². The molecule has 1 heterocycles. The van der Waals surface area contributed by atoms with Crippen molar-refractivity contribution in [3.05, 3.63) is 23.2 Å². The highest BCUT2D eigenvalue weighted by molar-refractivity contribution is 5.99. The lowest BCUT2D eigenvalue weighted by atomic mass is 9.64. The summed E-state index contributed by atoms with van der Waals surface area (Å²) in [6.07, 6.45) is 2.58. The molecule has 0 aromatic carbocycles. The molecular formula is C15H20O3. The van der Waals surface area contributed by atoms with Gasteiger partial charge >= 0.3 is 0 Å². The van der Waals surface area contributed by atoms with Crippen molar-refractivity contribution < 1.29 is 14.3 Å². The van der Waals surface area contributed by atoms with E-state index in [0.29, 0.717) is 29.9 Å². The van der Waals surface area contributed by atoms with Gasteiger partial charge in [-0.1, -0.05) is 20.8 Å². The highest BCUT2D eigenvalue weighted by atomic mass is 16.4. The molecule has 0 saturated carbocycles. The van der Waals surface area contributed by atoms with Crippen LogP contribution in [0.1, 0.15) is 67.3 Å². The predicted molar refractivity (Wildman–Crippen MR) is 67.5 cm³/mol. The number of rotatable bonds is 1. The molecule has 4 atom stereocenters. The zero-order valence-corrected chi connectivity index (χ0v) is 11.1. The van der Waals surface area contributed by atoms with Crippen molar-refractivity contribution in [2.24, 2.45) is 17.8 Å². The van der Waals surface area contributed by atoms with Gasteiger partial charge in [-0.25, -0.2) is 0 Å². The first-order valence-electron chi connectivity index (χ1n) is 6.83. The zero-order chi connectivity index (χ0) is 13.0. The minimum atomic E-state index is -0.552. The van der Waals surface area contributed by atoms with Crippen LogP contribution in [-0.4, -0.2) is 10.9 Å². The third-order valence-electron chi connectivity index (χ3n) is 4.76. The quantitative estimate of drug-likeness (QED) is 0.829. The number of carbonyl (C=O) groups is 1. The standard InChI is InChI=1S/C15H20O3/c1-7(2)9-5-12(16)11-6-18-15-13(11)10(9)4-8(3)14(15)17/h6-10,14,17H,4-5H2,1-3H3/t8-,9+,10+,14-/m1/s1. The molecule has 1 aromatic rings. The normalized spacial score (nSPS) is 34.8. The summed E-state index contributed by atoms with van der Waals surface area (Å²) in [6, 6.07) is 0. The van der Waals surface area contributed by atoms with E-state index in [2.05, 4.69) is 20.8 Å².